The summed E-state index contributed by atoms with van der Waals surface area (Å²) in [6.45, 7) is 0. The van der Waals surface area contributed by atoms with Gasteiger partial charge in [-0.15, -0.1) is 0 Å². The first-order valence-electron chi connectivity index (χ1n) is 4.61. The van der Waals surface area contributed by atoms with Crippen LogP contribution in [0.25, 0.3) is 22.5 Å². The van der Waals surface area contributed by atoms with Crippen LogP contribution in [0, 0.1) is 5.82 Å². The number of benzene rings is 1. The van der Waals surface area contributed by atoms with Crippen LogP contribution in [0.15, 0.2) is 27.4 Å². The monoisotopic (exact) mass is 233 g/mol. The van der Waals surface area contributed by atoms with Gasteiger partial charge in [0.1, 0.15) is 5.52 Å². The Labute approximate surface area is 93.0 Å². The maximum absolute atomic E-state index is 13.6. The van der Waals surface area contributed by atoms with E-state index in [9.17, 15) is 9.18 Å². The number of halogens is 1. The molecule has 2 heterocycles. The van der Waals surface area contributed by atoms with Crippen LogP contribution in [0.5, 0.6) is 0 Å². The quantitative estimate of drug-likeness (QED) is 0.628. The minimum Gasteiger partial charge on any atom is -0.433 e. The number of hydrogen-bond acceptors (Lipinski definition) is 6. The van der Waals surface area contributed by atoms with Gasteiger partial charge in [0.15, 0.2) is 23.4 Å². The SMILES string of the molecule is O=Cc1cnc(-c2cc(F)c3nonc3c2)o1. The predicted octanol–water partition coefficient (Wildman–Crippen LogP) is 1.83. The van der Waals surface area contributed by atoms with Crippen molar-refractivity contribution in [3.05, 3.63) is 29.9 Å². The fourth-order valence-electron chi connectivity index (χ4n) is 1.45. The molecular formula is C10H4FN3O3. The molecule has 0 atom stereocenters. The van der Waals surface area contributed by atoms with E-state index in [0.717, 1.165) is 0 Å². The third-order valence-electron chi connectivity index (χ3n) is 2.20. The Kier molecular flexibility index (Phi) is 1.97. The van der Waals surface area contributed by atoms with E-state index in [4.69, 9.17) is 4.42 Å². The molecular weight excluding hydrogens is 229 g/mol. The van der Waals surface area contributed by atoms with Crippen molar-refractivity contribution in [2.45, 2.75) is 0 Å². The van der Waals surface area contributed by atoms with Crippen LogP contribution in [0.1, 0.15) is 10.6 Å². The number of aldehydes is 1. The smallest absolute Gasteiger partial charge is 0.227 e. The van der Waals surface area contributed by atoms with Crippen LogP contribution in [-0.4, -0.2) is 21.6 Å². The van der Waals surface area contributed by atoms with Crippen molar-refractivity contribution >= 4 is 17.3 Å². The average Bonchev–Trinajstić information content (AvgIpc) is 2.97. The van der Waals surface area contributed by atoms with Gasteiger partial charge in [0.05, 0.1) is 6.20 Å². The van der Waals surface area contributed by atoms with E-state index in [2.05, 4.69) is 19.9 Å². The van der Waals surface area contributed by atoms with E-state index in [1.165, 1.54) is 18.3 Å². The van der Waals surface area contributed by atoms with Gasteiger partial charge >= 0.3 is 0 Å². The molecule has 0 aliphatic carbocycles. The fourth-order valence-corrected chi connectivity index (χ4v) is 1.45. The molecule has 3 aromatic rings. The molecule has 17 heavy (non-hydrogen) atoms. The summed E-state index contributed by atoms with van der Waals surface area (Å²) in [5.41, 5.74) is 0.653. The topological polar surface area (TPSA) is 82.0 Å². The zero-order valence-corrected chi connectivity index (χ0v) is 8.25. The molecule has 3 rings (SSSR count). The minimum absolute atomic E-state index is 0.0379. The Balaban J connectivity index is 2.19. The van der Waals surface area contributed by atoms with Gasteiger partial charge in [-0.25, -0.2) is 14.0 Å². The summed E-state index contributed by atoms with van der Waals surface area (Å²) in [5.74, 6) is -0.390. The number of oxazole rings is 1. The second kappa shape index (κ2) is 3.48. The van der Waals surface area contributed by atoms with Crippen LogP contribution in [-0.2, 0) is 0 Å². The fraction of sp³-hybridized carbons (Fsp3) is 0. The molecule has 0 aliphatic rings. The summed E-state index contributed by atoms with van der Waals surface area (Å²) in [6, 6.07) is 2.70. The number of rotatable bonds is 2. The van der Waals surface area contributed by atoms with Crippen molar-refractivity contribution in [1.82, 2.24) is 15.3 Å². The van der Waals surface area contributed by atoms with Crippen molar-refractivity contribution in [2.75, 3.05) is 0 Å². The second-order valence-corrected chi connectivity index (χ2v) is 3.28. The maximum Gasteiger partial charge on any atom is 0.227 e. The van der Waals surface area contributed by atoms with Crippen molar-refractivity contribution in [2.24, 2.45) is 0 Å². The summed E-state index contributed by atoms with van der Waals surface area (Å²) in [5, 5.41) is 6.93. The van der Waals surface area contributed by atoms with Crippen LogP contribution in [0.2, 0.25) is 0 Å². The standard InChI is InChI=1S/C10H4FN3O3/c11-7-1-5(2-8-9(7)14-17-13-8)10-12-3-6(4-15)16-10/h1-4H. The van der Waals surface area contributed by atoms with Gasteiger partial charge in [-0.2, -0.15) is 0 Å². The zero-order chi connectivity index (χ0) is 11.8. The lowest BCUT2D eigenvalue weighted by molar-refractivity contribution is 0.110. The molecule has 0 bridgehead atoms. The summed E-state index contributed by atoms with van der Waals surface area (Å²) in [4.78, 5) is 14.3. The van der Waals surface area contributed by atoms with Gasteiger partial charge in [0, 0.05) is 5.56 Å². The second-order valence-electron chi connectivity index (χ2n) is 3.28. The zero-order valence-electron chi connectivity index (χ0n) is 8.25. The molecule has 0 N–H and O–H groups in total. The van der Waals surface area contributed by atoms with Gasteiger partial charge < -0.3 is 4.42 Å². The van der Waals surface area contributed by atoms with Crippen molar-refractivity contribution < 1.29 is 18.2 Å². The van der Waals surface area contributed by atoms with E-state index in [1.54, 1.807) is 0 Å². The molecule has 0 fully saturated rings. The predicted molar refractivity (Wildman–Crippen MR) is 52.6 cm³/mol. The Morgan fingerprint density at radius 2 is 2.18 bits per heavy atom. The molecule has 7 heteroatoms. The van der Waals surface area contributed by atoms with E-state index in [-0.39, 0.29) is 22.7 Å². The lowest BCUT2D eigenvalue weighted by Gasteiger charge is -1.95. The highest BCUT2D eigenvalue weighted by molar-refractivity contribution is 5.79. The number of nitrogens with zero attached hydrogens (tertiary/aromatic N) is 3. The summed E-state index contributed by atoms with van der Waals surface area (Å²) in [6.07, 6.45) is 1.77. The highest BCUT2D eigenvalue weighted by Crippen LogP contribution is 2.24. The molecule has 6 nitrogen and oxygen atoms in total. The normalized spacial score (nSPS) is 10.9. The van der Waals surface area contributed by atoms with Gasteiger partial charge in [0.2, 0.25) is 5.89 Å². The number of hydrogen-bond donors (Lipinski definition) is 0. The molecule has 0 saturated carbocycles. The van der Waals surface area contributed by atoms with Gasteiger partial charge in [-0.1, -0.05) is 0 Å². The van der Waals surface area contributed by atoms with Crippen LogP contribution in [0.4, 0.5) is 4.39 Å². The third-order valence-corrected chi connectivity index (χ3v) is 2.20. The Morgan fingerprint density at radius 3 is 2.94 bits per heavy atom. The maximum atomic E-state index is 13.6. The molecule has 84 valence electrons. The number of aromatic nitrogens is 3. The van der Waals surface area contributed by atoms with Crippen molar-refractivity contribution in [1.29, 1.82) is 0 Å². The van der Waals surface area contributed by atoms with Crippen LogP contribution >= 0.6 is 0 Å². The third kappa shape index (κ3) is 1.48. The first-order valence-corrected chi connectivity index (χ1v) is 4.61. The number of carbonyl (C=O) groups is 1. The molecule has 2 aromatic heterocycles. The highest BCUT2D eigenvalue weighted by atomic mass is 19.1. The summed E-state index contributed by atoms with van der Waals surface area (Å²) < 4.78 is 23.0. The summed E-state index contributed by atoms with van der Waals surface area (Å²) >= 11 is 0. The van der Waals surface area contributed by atoms with Crippen LogP contribution in [0.3, 0.4) is 0 Å². The molecule has 0 spiro atoms. The largest absolute Gasteiger partial charge is 0.433 e. The average molecular weight is 233 g/mol. The molecule has 1 aromatic carbocycles. The van der Waals surface area contributed by atoms with E-state index < -0.39 is 5.82 Å². The van der Waals surface area contributed by atoms with E-state index in [1.807, 2.05) is 0 Å². The molecule has 0 saturated heterocycles. The highest BCUT2D eigenvalue weighted by Gasteiger charge is 2.13. The Hall–Kier alpha value is -2.57. The first kappa shape index (κ1) is 9.64. The molecule has 0 amide bonds. The minimum atomic E-state index is -0.593. The van der Waals surface area contributed by atoms with E-state index >= 15 is 0 Å². The Morgan fingerprint density at radius 1 is 1.29 bits per heavy atom. The van der Waals surface area contributed by atoms with Crippen molar-refractivity contribution in [3.8, 4) is 11.5 Å². The lowest BCUT2D eigenvalue weighted by atomic mass is 10.2. The molecule has 0 radical (unpaired) electrons. The Bertz CT molecular complexity index is 704. The van der Waals surface area contributed by atoms with Crippen LogP contribution < -0.4 is 0 Å². The number of fused-ring (bicyclic) bond motifs is 1. The molecule has 0 aliphatic heterocycles. The lowest BCUT2D eigenvalue weighted by Crippen LogP contribution is -1.83. The van der Waals surface area contributed by atoms with Gasteiger partial charge in [-0.3, -0.25) is 4.79 Å². The number of carbonyl (C=O) groups excluding carboxylic acids is 1. The van der Waals surface area contributed by atoms with Crippen molar-refractivity contribution in [3.63, 3.8) is 0 Å². The van der Waals surface area contributed by atoms with Gasteiger partial charge in [0.25, 0.3) is 0 Å². The molecule has 0 unspecified atom stereocenters. The van der Waals surface area contributed by atoms with Gasteiger partial charge in [-0.05, 0) is 22.4 Å². The van der Waals surface area contributed by atoms with E-state index in [0.29, 0.717) is 11.8 Å². The summed E-state index contributed by atoms with van der Waals surface area (Å²) in [7, 11) is 0. The first-order chi connectivity index (χ1) is 8.28.